The minimum absolute atomic E-state index is 0.0149. The summed E-state index contributed by atoms with van der Waals surface area (Å²) < 4.78 is 7.81. The molecule has 4 heterocycles. The Bertz CT molecular complexity index is 917. The van der Waals surface area contributed by atoms with E-state index >= 15 is 0 Å². The molecule has 2 N–H and O–H groups in total. The van der Waals surface area contributed by atoms with Crippen LogP contribution in [0.4, 0.5) is 0 Å². The van der Waals surface area contributed by atoms with E-state index in [1.165, 1.54) is 0 Å². The van der Waals surface area contributed by atoms with E-state index in [4.69, 9.17) is 16.3 Å². The number of carbonyl (C=O) groups is 1. The number of aromatic hydroxyl groups is 1. The third-order valence-corrected chi connectivity index (χ3v) is 5.52. The smallest absolute Gasteiger partial charge is 0.257 e. The number of aromatic nitrogens is 1. The van der Waals surface area contributed by atoms with Gasteiger partial charge < -0.3 is 19.7 Å². The molecule has 3 aliphatic rings. The fourth-order valence-corrected chi connectivity index (χ4v) is 4.50. The molecule has 0 radical (unpaired) electrons. The number of nitrogens with one attached hydrogen (secondary N) is 1. The summed E-state index contributed by atoms with van der Waals surface area (Å²) >= 11 is 5.81. The molecule has 1 amide bonds. The maximum atomic E-state index is 12.8. The van der Waals surface area contributed by atoms with E-state index < -0.39 is 11.3 Å². The van der Waals surface area contributed by atoms with Crippen molar-refractivity contribution < 1.29 is 14.6 Å². The van der Waals surface area contributed by atoms with Gasteiger partial charge in [-0.1, -0.05) is 18.2 Å². The van der Waals surface area contributed by atoms with E-state index in [1.54, 1.807) is 13.0 Å². The van der Waals surface area contributed by atoms with Crippen LogP contribution < -0.4 is 10.7 Å². The topological polar surface area (TPSA) is 83.8 Å². The summed E-state index contributed by atoms with van der Waals surface area (Å²) in [7, 11) is 0. The summed E-state index contributed by atoms with van der Waals surface area (Å²) in [6.07, 6.45) is 2.97. The van der Waals surface area contributed by atoms with Gasteiger partial charge >= 0.3 is 0 Å². The minimum atomic E-state index is -0.609. The highest BCUT2D eigenvalue weighted by molar-refractivity contribution is 6.29. The average Bonchev–Trinajstić information content (AvgIpc) is 3.24. The molecule has 0 spiro atoms. The van der Waals surface area contributed by atoms with Gasteiger partial charge in [-0.05, 0) is 31.4 Å². The number of fused-ring (bicyclic) bond motifs is 2. The second-order valence-corrected chi connectivity index (χ2v) is 7.82. The first-order valence-corrected chi connectivity index (χ1v) is 9.41. The van der Waals surface area contributed by atoms with E-state index in [9.17, 15) is 14.7 Å². The van der Waals surface area contributed by atoms with Gasteiger partial charge in [0.2, 0.25) is 5.43 Å². The molecule has 8 heteroatoms. The van der Waals surface area contributed by atoms with E-state index in [2.05, 4.69) is 16.8 Å². The Kier molecular flexibility index (Phi) is 4.61. The van der Waals surface area contributed by atoms with Crippen molar-refractivity contribution >= 4 is 17.5 Å². The van der Waals surface area contributed by atoms with Crippen LogP contribution in [-0.4, -0.2) is 46.4 Å². The molecule has 7 nitrogen and oxygen atoms in total. The third kappa shape index (κ3) is 2.99. The fourth-order valence-electron chi connectivity index (χ4n) is 4.35. The number of halogens is 1. The van der Waals surface area contributed by atoms with Gasteiger partial charge in [0, 0.05) is 30.4 Å². The van der Waals surface area contributed by atoms with E-state index in [1.807, 2.05) is 4.57 Å². The van der Waals surface area contributed by atoms with Crippen molar-refractivity contribution in [3.05, 3.63) is 50.4 Å². The van der Waals surface area contributed by atoms with Gasteiger partial charge in [0.1, 0.15) is 11.8 Å². The van der Waals surface area contributed by atoms with Crippen molar-refractivity contribution in [1.29, 1.82) is 0 Å². The number of amides is 1. The van der Waals surface area contributed by atoms with E-state index in [0.717, 1.165) is 13.0 Å². The average molecular weight is 392 g/mol. The molecule has 2 unspecified atom stereocenters. The summed E-state index contributed by atoms with van der Waals surface area (Å²) in [6.45, 7) is 7.59. The van der Waals surface area contributed by atoms with Crippen molar-refractivity contribution in [3.63, 3.8) is 0 Å². The summed E-state index contributed by atoms with van der Waals surface area (Å²) in [5.41, 5.74) is 1.30. The summed E-state index contributed by atoms with van der Waals surface area (Å²) in [6, 6.07) is 0.0149. The first kappa shape index (κ1) is 18.3. The molecule has 0 aliphatic carbocycles. The highest BCUT2D eigenvalue weighted by atomic mass is 35.5. The SMILES string of the molecule is C=C(/C=C(\C)Cl)CNC(=O)c1c2n3c(c(O)c1=O)CN1CCOC1C3CC2. The van der Waals surface area contributed by atoms with Crippen molar-refractivity contribution in [1.82, 2.24) is 14.8 Å². The first-order chi connectivity index (χ1) is 12.9. The Labute approximate surface area is 161 Å². The third-order valence-electron chi connectivity index (χ3n) is 5.41. The van der Waals surface area contributed by atoms with Crippen LogP contribution in [0.2, 0.25) is 0 Å². The lowest BCUT2D eigenvalue weighted by Gasteiger charge is -2.37. The van der Waals surface area contributed by atoms with Crippen molar-refractivity contribution in [2.45, 2.75) is 38.6 Å². The van der Waals surface area contributed by atoms with Gasteiger partial charge in [-0.2, -0.15) is 0 Å². The molecule has 144 valence electrons. The molecule has 1 fully saturated rings. The predicted molar refractivity (Wildman–Crippen MR) is 101 cm³/mol. The lowest BCUT2D eigenvalue weighted by Crippen LogP contribution is -2.44. The number of nitrogens with zero attached hydrogens (tertiary/aromatic N) is 2. The molecule has 4 rings (SSSR count). The molecule has 0 aromatic carbocycles. The maximum absolute atomic E-state index is 12.8. The van der Waals surface area contributed by atoms with Crippen LogP contribution in [0.3, 0.4) is 0 Å². The summed E-state index contributed by atoms with van der Waals surface area (Å²) in [5.74, 6) is -0.839. The standard InChI is InChI=1S/C19H22ClN3O4/c1-10(7-11(2)20)8-21-18(26)15-12-3-4-13-19-22(5-6-27-19)9-14(23(12)13)16(24)17(15)25/h7,13,19,24H,1,3-6,8-9H2,2H3,(H,21,26)/b11-7+. The number of rotatable bonds is 4. The fraction of sp³-hybridized carbons (Fsp3) is 0.474. The van der Waals surface area contributed by atoms with E-state index in [-0.39, 0.29) is 30.1 Å². The van der Waals surface area contributed by atoms with Gasteiger partial charge in [-0.15, -0.1) is 0 Å². The Hall–Kier alpha value is -2.09. The van der Waals surface area contributed by atoms with Crippen molar-refractivity contribution in [3.8, 4) is 5.75 Å². The predicted octanol–water partition coefficient (Wildman–Crippen LogP) is 1.64. The number of carbonyl (C=O) groups excluding carboxylic acids is 1. The highest BCUT2D eigenvalue weighted by Gasteiger charge is 2.45. The molecule has 27 heavy (non-hydrogen) atoms. The lowest BCUT2D eigenvalue weighted by molar-refractivity contribution is -0.0261. The lowest BCUT2D eigenvalue weighted by atomic mass is 10.1. The van der Waals surface area contributed by atoms with Crippen LogP contribution >= 0.6 is 11.6 Å². The van der Waals surface area contributed by atoms with Gasteiger partial charge in [0.05, 0.1) is 18.3 Å². The van der Waals surface area contributed by atoms with Gasteiger partial charge in [0.15, 0.2) is 5.75 Å². The monoisotopic (exact) mass is 391 g/mol. The molecule has 1 aromatic rings. The van der Waals surface area contributed by atoms with Crippen molar-refractivity contribution in [2.24, 2.45) is 0 Å². The molecule has 2 atom stereocenters. The van der Waals surface area contributed by atoms with Crippen molar-refractivity contribution in [2.75, 3.05) is 19.7 Å². The summed E-state index contributed by atoms with van der Waals surface area (Å²) in [4.78, 5) is 27.7. The minimum Gasteiger partial charge on any atom is -0.503 e. The van der Waals surface area contributed by atoms with Crippen LogP contribution in [0.1, 0.15) is 41.1 Å². The Morgan fingerprint density at radius 3 is 3.00 bits per heavy atom. The zero-order valence-corrected chi connectivity index (χ0v) is 15.9. The molecule has 1 saturated heterocycles. The molecule has 1 aromatic heterocycles. The second kappa shape index (κ2) is 6.82. The molecular formula is C19H22ClN3O4. The molecule has 0 bridgehead atoms. The zero-order chi connectivity index (χ0) is 19.3. The largest absolute Gasteiger partial charge is 0.503 e. The van der Waals surface area contributed by atoms with Gasteiger partial charge in [-0.25, -0.2) is 0 Å². The molecular weight excluding hydrogens is 370 g/mol. The molecule has 3 aliphatic heterocycles. The Morgan fingerprint density at radius 1 is 1.48 bits per heavy atom. The number of hydrogen-bond acceptors (Lipinski definition) is 5. The van der Waals surface area contributed by atoms with Crippen LogP contribution in [0.25, 0.3) is 0 Å². The second-order valence-electron chi connectivity index (χ2n) is 7.23. The number of ether oxygens (including phenoxy) is 1. The van der Waals surface area contributed by atoms with Crippen LogP contribution in [0.5, 0.6) is 5.75 Å². The maximum Gasteiger partial charge on any atom is 0.257 e. The Balaban J connectivity index is 1.69. The normalized spacial score (nSPS) is 23.9. The van der Waals surface area contributed by atoms with E-state index in [0.29, 0.717) is 41.6 Å². The Morgan fingerprint density at radius 2 is 2.26 bits per heavy atom. The summed E-state index contributed by atoms with van der Waals surface area (Å²) in [5, 5.41) is 13.8. The zero-order valence-electron chi connectivity index (χ0n) is 15.1. The van der Waals surface area contributed by atoms with Crippen LogP contribution in [-0.2, 0) is 17.7 Å². The number of pyridine rings is 1. The van der Waals surface area contributed by atoms with Crippen LogP contribution in [0, 0.1) is 0 Å². The van der Waals surface area contributed by atoms with Gasteiger partial charge in [-0.3, -0.25) is 14.5 Å². The van der Waals surface area contributed by atoms with Crippen LogP contribution in [0.15, 0.2) is 28.1 Å². The number of allylic oxidation sites excluding steroid dienone is 1. The quantitative estimate of drug-likeness (QED) is 0.762. The highest BCUT2D eigenvalue weighted by Crippen LogP contribution is 2.41. The van der Waals surface area contributed by atoms with Gasteiger partial charge in [0.25, 0.3) is 5.91 Å². The number of hydrogen-bond donors (Lipinski definition) is 2. The first-order valence-electron chi connectivity index (χ1n) is 9.03. The molecule has 0 saturated carbocycles.